The van der Waals surface area contributed by atoms with E-state index in [9.17, 15) is 13.2 Å². The lowest BCUT2D eigenvalue weighted by Gasteiger charge is -2.31. The number of methoxy groups -OCH3 is 1. The van der Waals surface area contributed by atoms with Gasteiger partial charge in [0.25, 0.3) is 0 Å². The van der Waals surface area contributed by atoms with Gasteiger partial charge in [0, 0.05) is 35.8 Å². The lowest BCUT2D eigenvalue weighted by molar-refractivity contribution is 0.0600. The number of rotatable bonds is 9. The zero-order valence-electron chi connectivity index (χ0n) is 17.7. The minimum Gasteiger partial charge on any atom is -0.465 e. The number of ether oxygens (including phenoxy) is 1. The molecule has 3 aromatic rings. The first kappa shape index (κ1) is 22.9. The van der Waals surface area contributed by atoms with Crippen molar-refractivity contribution in [3.05, 3.63) is 72.1 Å². The molecule has 0 amide bonds. The van der Waals surface area contributed by atoms with Crippen molar-refractivity contribution >= 4 is 26.8 Å². The molecular weight excluding hydrogens is 414 g/mol. The molecule has 1 atom stereocenters. The third kappa shape index (κ3) is 4.76. The Morgan fingerprint density at radius 3 is 2.68 bits per heavy atom. The highest BCUT2D eigenvalue weighted by molar-refractivity contribution is 7.89. The fraction of sp³-hybridized carbons (Fsp3) is 0.304. The van der Waals surface area contributed by atoms with Gasteiger partial charge in [-0.25, -0.2) is 13.2 Å². The van der Waals surface area contributed by atoms with Gasteiger partial charge in [0.2, 0.25) is 10.0 Å². The SMILES string of the molecule is CCC(c1cccc(C(=O)OC)c1)N(CCCN)S(=O)(=O)c1cccc2cnccc12. The van der Waals surface area contributed by atoms with E-state index >= 15 is 0 Å². The van der Waals surface area contributed by atoms with Gasteiger partial charge in [-0.3, -0.25) is 4.98 Å². The minimum atomic E-state index is -3.86. The highest BCUT2D eigenvalue weighted by Crippen LogP contribution is 2.33. The van der Waals surface area contributed by atoms with Gasteiger partial charge in [0.05, 0.1) is 17.6 Å². The van der Waals surface area contributed by atoms with Crippen molar-refractivity contribution in [2.45, 2.75) is 30.7 Å². The summed E-state index contributed by atoms with van der Waals surface area (Å²) in [5.74, 6) is -0.463. The maximum Gasteiger partial charge on any atom is 0.337 e. The molecule has 0 aliphatic heterocycles. The second-order valence-corrected chi connectivity index (χ2v) is 9.01. The number of carbonyl (C=O) groups is 1. The van der Waals surface area contributed by atoms with Crippen molar-refractivity contribution in [1.29, 1.82) is 0 Å². The predicted octanol–water partition coefficient (Wildman–Crippen LogP) is 3.51. The number of nitrogens with two attached hydrogens (primary N) is 1. The number of fused-ring (bicyclic) bond motifs is 1. The first-order chi connectivity index (χ1) is 14.9. The lowest BCUT2D eigenvalue weighted by Crippen LogP contribution is -2.36. The number of carbonyl (C=O) groups excluding carboxylic acids is 1. The van der Waals surface area contributed by atoms with Crippen molar-refractivity contribution in [3.8, 4) is 0 Å². The van der Waals surface area contributed by atoms with Crippen LogP contribution in [0.5, 0.6) is 0 Å². The van der Waals surface area contributed by atoms with Crippen LogP contribution in [0.1, 0.15) is 41.7 Å². The molecule has 0 fully saturated rings. The summed E-state index contributed by atoms with van der Waals surface area (Å²) in [5, 5.41) is 1.37. The number of hydrogen-bond donors (Lipinski definition) is 1. The number of hydrogen-bond acceptors (Lipinski definition) is 6. The van der Waals surface area contributed by atoms with Gasteiger partial charge in [-0.05, 0) is 49.2 Å². The Bertz CT molecular complexity index is 1160. The van der Waals surface area contributed by atoms with Crippen LogP contribution < -0.4 is 5.73 Å². The third-order valence-electron chi connectivity index (χ3n) is 5.24. The molecule has 0 radical (unpaired) electrons. The summed E-state index contributed by atoms with van der Waals surface area (Å²) in [7, 11) is -2.55. The van der Waals surface area contributed by atoms with Crippen molar-refractivity contribution in [2.24, 2.45) is 5.73 Å². The van der Waals surface area contributed by atoms with Crippen LogP contribution in [-0.4, -0.2) is 43.9 Å². The standard InChI is InChI=1S/C23H27N3O4S/c1-3-21(17-7-4-8-18(15-17)23(27)30-2)26(14-6-12-24)31(28,29)22-10-5-9-19-16-25-13-11-20(19)22/h4-5,7-11,13,15-16,21H,3,6,12,14,24H2,1-2H3. The summed E-state index contributed by atoms with van der Waals surface area (Å²) in [4.78, 5) is 16.3. The number of nitrogens with zero attached hydrogens (tertiary/aromatic N) is 2. The maximum absolute atomic E-state index is 13.9. The van der Waals surface area contributed by atoms with Gasteiger partial charge in [0.15, 0.2) is 0 Å². The van der Waals surface area contributed by atoms with E-state index in [1.165, 1.54) is 11.4 Å². The molecular formula is C23H27N3O4S. The summed E-state index contributed by atoms with van der Waals surface area (Å²) < 4.78 is 34.1. The average Bonchev–Trinajstić information content (AvgIpc) is 2.80. The molecule has 1 unspecified atom stereocenters. The smallest absolute Gasteiger partial charge is 0.337 e. The van der Waals surface area contributed by atoms with Crippen LogP contribution in [0, 0.1) is 0 Å². The Balaban J connectivity index is 2.12. The molecule has 2 N–H and O–H groups in total. The van der Waals surface area contributed by atoms with Crippen LogP contribution in [0.25, 0.3) is 10.8 Å². The van der Waals surface area contributed by atoms with Crippen molar-refractivity contribution in [2.75, 3.05) is 20.2 Å². The Morgan fingerprint density at radius 1 is 1.19 bits per heavy atom. The summed E-state index contributed by atoms with van der Waals surface area (Å²) >= 11 is 0. The highest BCUT2D eigenvalue weighted by Gasteiger charge is 2.32. The molecule has 0 spiro atoms. The number of esters is 1. The number of aromatic nitrogens is 1. The van der Waals surface area contributed by atoms with Crippen molar-refractivity contribution < 1.29 is 17.9 Å². The fourth-order valence-corrected chi connectivity index (χ4v) is 5.67. The number of pyridine rings is 1. The molecule has 164 valence electrons. The molecule has 0 saturated carbocycles. The largest absolute Gasteiger partial charge is 0.465 e. The molecule has 0 aliphatic rings. The van der Waals surface area contributed by atoms with Gasteiger partial charge in [-0.2, -0.15) is 4.31 Å². The van der Waals surface area contributed by atoms with Crippen LogP contribution >= 0.6 is 0 Å². The first-order valence-electron chi connectivity index (χ1n) is 10.2. The topological polar surface area (TPSA) is 103 Å². The highest BCUT2D eigenvalue weighted by atomic mass is 32.2. The van der Waals surface area contributed by atoms with Crippen LogP contribution in [0.2, 0.25) is 0 Å². The number of benzene rings is 2. The molecule has 8 heteroatoms. The van der Waals surface area contributed by atoms with Crippen LogP contribution in [0.3, 0.4) is 0 Å². The zero-order valence-corrected chi connectivity index (χ0v) is 18.5. The van der Waals surface area contributed by atoms with Crippen molar-refractivity contribution in [1.82, 2.24) is 9.29 Å². The predicted molar refractivity (Wildman–Crippen MR) is 120 cm³/mol. The summed E-state index contributed by atoms with van der Waals surface area (Å²) in [6, 6.07) is 13.3. The summed E-state index contributed by atoms with van der Waals surface area (Å²) in [6.45, 7) is 2.55. The summed E-state index contributed by atoms with van der Waals surface area (Å²) in [6.07, 6.45) is 4.28. The van der Waals surface area contributed by atoms with E-state index < -0.39 is 22.0 Å². The van der Waals surface area contributed by atoms with Gasteiger partial charge >= 0.3 is 5.97 Å². The Morgan fingerprint density at radius 2 is 1.97 bits per heavy atom. The van der Waals surface area contributed by atoms with E-state index in [0.29, 0.717) is 30.3 Å². The van der Waals surface area contributed by atoms with Gasteiger partial charge in [0.1, 0.15) is 0 Å². The maximum atomic E-state index is 13.9. The zero-order chi connectivity index (χ0) is 22.4. The minimum absolute atomic E-state index is 0.229. The summed E-state index contributed by atoms with van der Waals surface area (Å²) in [5.41, 5.74) is 6.83. The molecule has 0 saturated heterocycles. The van der Waals surface area contributed by atoms with E-state index in [0.717, 1.165) is 10.9 Å². The van der Waals surface area contributed by atoms with Crippen LogP contribution in [0.4, 0.5) is 0 Å². The van der Waals surface area contributed by atoms with Gasteiger partial charge in [-0.1, -0.05) is 31.2 Å². The normalized spacial score (nSPS) is 12.8. The first-order valence-corrected chi connectivity index (χ1v) is 11.6. The van der Waals surface area contributed by atoms with Gasteiger partial charge in [-0.15, -0.1) is 0 Å². The van der Waals surface area contributed by atoms with Crippen LogP contribution in [-0.2, 0) is 14.8 Å². The fourth-order valence-electron chi connectivity index (χ4n) is 3.73. The molecule has 1 heterocycles. The van der Waals surface area contributed by atoms with E-state index in [1.54, 1.807) is 48.8 Å². The second-order valence-electron chi connectivity index (χ2n) is 7.15. The monoisotopic (exact) mass is 441 g/mol. The van der Waals surface area contributed by atoms with E-state index in [4.69, 9.17) is 10.5 Å². The lowest BCUT2D eigenvalue weighted by atomic mass is 10.0. The molecule has 31 heavy (non-hydrogen) atoms. The van der Waals surface area contributed by atoms with E-state index in [2.05, 4.69) is 4.98 Å². The third-order valence-corrected chi connectivity index (χ3v) is 7.20. The van der Waals surface area contributed by atoms with Gasteiger partial charge < -0.3 is 10.5 Å². The number of sulfonamides is 1. The Labute approximate surface area is 182 Å². The quantitative estimate of drug-likeness (QED) is 0.510. The molecule has 3 rings (SSSR count). The average molecular weight is 442 g/mol. The molecule has 7 nitrogen and oxygen atoms in total. The van der Waals surface area contributed by atoms with E-state index in [-0.39, 0.29) is 11.4 Å². The van der Waals surface area contributed by atoms with E-state index in [1.807, 2.05) is 19.1 Å². The van der Waals surface area contributed by atoms with Crippen LogP contribution in [0.15, 0.2) is 65.8 Å². The van der Waals surface area contributed by atoms with Crippen molar-refractivity contribution in [3.63, 3.8) is 0 Å². The molecule has 1 aromatic heterocycles. The second kappa shape index (κ2) is 10.00. The Hall–Kier alpha value is -2.81. The Kier molecular flexibility index (Phi) is 7.37. The molecule has 2 aromatic carbocycles. The molecule has 0 aliphatic carbocycles. The molecule has 0 bridgehead atoms.